The van der Waals surface area contributed by atoms with Gasteiger partial charge in [-0.3, -0.25) is 19.5 Å². The van der Waals surface area contributed by atoms with Gasteiger partial charge >= 0.3 is 0 Å². The molecule has 1 saturated carbocycles. The maximum atomic E-state index is 14.4. The average Bonchev–Trinajstić information content (AvgIpc) is 3.32. The van der Waals surface area contributed by atoms with Crippen LogP contribution in [-0.2, 0) is 9.59 Å². The van der Waals surface area contributed by atoms with Crippen LogP contribution in [-0.4, -0.2) is 52.1 Å². The van der Waals surface area contributed by atoms with Crippen molar-refractivity contribution in [1.29, 1.82) is 0 Å². The summed E-state index contributed by atoms with van der Waals surface area (Å²) in [6, 6.07) is 15.2. The second kappa shape index (κ2) is 11.6. The summed E-state index contributed by atoms with van der Waals surface area (Å²) in [5, 5.41) is 16.4. The van der Waals surface area contributed by atoms with Crippen molar-refractivity contribution >= 4 is 17.5 Å². The Morgan fingerprint density at radius 2 is 1.71 bits per heavy atom. The Bertz CT molecular complexity index is 1370. The number of aliphatic hydroxyl groups is 1. The van der Waals surface area contributed by atoms with Gasteiger partial charge in [-0.05, 0) is 49.1 Å². The van der Waals surface area contributed by atoms with E-state index in [2.05, 4.69) is 15.6 Å². The number of halogens is 3. The van der Waals surface area contributed by atoms with E-state index in [-0.39, 0.29) is 44.2 Å². The molecule has 2 heterocycles. The van der Waals surface area contributed by atoms with Crippen molar-refractivity contribution in [1.82, 2.24) is 15.6 Å². The Labute approximate surface area is 236 Å². The summed E-state index contributed by atoms with van der Waals surface area (Å²) in [7, 11) is 0. The molecular formula is C31H33F3N4O3. The van der Waals surface area contributed by atoms with E-state index in [4.69, 9.17) is 0 Å². The third kappa shape index (κ3) is 6.77. The molecule has 7 nitrogen and oxygen atoms in total. The number of hydrogen-bond donors (Lipinski definition) is 3. The average molecular weight is 567 g/mol. The topological polar surface area (TPSA) is 94.6 Å². The Hall–Kier alpha value is -3.76. The lowest BCUT2D eigenvalue weighted by Gasteiger charge is -2.35. The van der Waals surface area contributed by atoms with Crippen LogP contribution in [0.4, 0.5) is 18.9 Å². The SMILES string of the molecule is C[C@]1(O)CN[C@@H](C(=O)N(c2ccc(-c3ccccc3)cc2)C(C(=O)NC2CCC(F)(F)CC2)c2cncc(F)c2)C1. The van der Waals surface area contributed by atoms with Crippen molar-refractivity contribution in [2.75, 3.05) is 11.4 Å². The van der Waals surface area contributed by atoms with Crippen molar-refractivity contribution in [2.45, 2.75) is 68.7 Å². The number of carbonyl (C=O) groups excluding carboxylic acids is 2. The Balaban J connectivity index is 1.54. The largest absolute Gasteiger partial charge is 0.389 e. The van der Waals surface area contributed by atoms with E-state index >= 15 is 0 Å². The van der Waals surface area contributed by atoms with Crippen molar-refractivity contribution in [3.8, 4) is 11.1 Å². The molecule has 41 heavy (non-hydrogen) atoms. The molecule has 3 aromatic rings. The molecule has 1 aliphatic carbocycles. The van der Waals surface area contributed by atoms with E-state index < -0.39 is 47.3 Å². The third-order valence-electron chi connectivity index (χ3n) is 7.77. The van der Waals surface area contributed by atoms with Crippen LogP contribution in [0.1, 0.15) is 50.6 Å². The molecule has 3 atom stereocenters. The summed E-state index contributed by atoms with van der Waals surface area (Å²) in [6.07, 6.45) is 1.89. The monoisotopic (exact) mass is 566 g/mol. The highest BCUT2D eigenvalue weighted by atomic mass is 19.3. The quantitative estimate of drug-likeness (QED) is 0.383. The zero-order valence-electron chi connectivity index (χ0n) is 22.7. The summed E-state index contributed by atoms with van der Waals surface area (Å²) >= 11 is 0. The van der Waals surface area contributed by atoms with E-state index in [1.807, 2.05) is 42.5 Å². The predicted octanol–water partition coefficient (Wildman–Crippen LogP) is 4.77. The minimum absolute atomic E-state index is 0.0830. The highest BCUT2D eigenvalue weighted by Crippen LogP contribution is 2.35. The first-order chi connectivity index (χ1) is 19.5. The normalized spacial score (nSPS) is 23.1. The van der Waals surface area contributed by atoms with Crippen LogP contribution < -0.4 is 15.5 Å². The molecule has 1 unspecified atom stereocenters. The molecule has 1 aliphatic heterocycles. The highest BCUT2D eigenvalue weighted by Gasteiger charge is 2.43. The number of aromatic nitrogens is 1. The number of alkyl halides is 2. The zero-order chi connectivity index (χ0) is 29.2. The molecule has 2 aromatic carbocycles. The summed E-state index contributed by atoms with van der Waals surface area (Å²) < 4.78 is 42.0. The number of nitrogens with one attached hydrogen (secondary N) is 2. The van der Waals surface area contributed by atoms with Crippen LogP contribution >= 0.6 is 0 Å². The molecule has 2 aliphatic rings. The smallest absolute Gasteiger partial charge is 0.248 e. The highest BCUT2D eigenvalue weighted by molar-refractivity contribution is 6.04. The zero-order valence-corrected chi connectivity index (χ0v) is 22.7. The second-order valence-corrected chi connectivity index (χ2v) is 11.2. The van der Waals surface area contributed by atoms with Crippen LogP contribution in [0.5, 0.6) is 0 Å². The Morgan fingerprint density at radius 1 is 1.05 bits per heavy atom. The molecular weight excluding hydrogens is 533 g/mol. The molecule has 2 amide bonds. The van der Waals surface area contributed by atoms with Crippen LogP contribution in [0.3, 0.4) is 0 Å². The third-order valence-corrected chi connectivity index (χ3v) is 7.77. The Morgan fingerprint density at radius 3 is 2.32 bits per heavy atom. The first kappa shape index (κ1) is 28.8. The van der Waals surface area contributed by atoms with Gasteiger partial charge in [-0.25, -0.2) is 13.2 Å². The maximum absolute atomic E-state index is 14.4. The lowest BCUT2D eigenvalue weighted by molar-refractivity contribution is -0.128. The van der Waals surface area contributed by atoms with Gasteiger partial charge in [0, 0.05) is 49.3 Å². The van der Waals surface area contributed by atoms with Crippen molar-refractivity contribution < 1.29 is 27.9 Å². The van der Waals surface area contributed by atoms with Crippen molar-refractivity contribution in [3.63, 3.8) is 0 Å². The molecule has 10 heteroatoms. The number of amides is 2. The molecule has 3 N–H and O–H groups in total. The Kier molecular flexibility index (Phi) is 8.15. The number of pyridine rings is 1. The first-order valence-corrected chi connectivity index (χ1v) is 13.7. The molecule has 2 fully saturated rings. The van der Waals surface area contributed by atoms with Gasteiger partial charge < -0.3 is 15.7 Å². The minimum atomic E-state index is -2.78. The first-order valence-electron chi connectivity index (χ1n) is 13.7. The lowest BCUT2D eigenvalue weighted by atomic mass is 9.91. The molecule has 1 aromatic heterocycles. The van der Waals surface area contributed by atoms with E-state index in [1.54, 1.807) is 19.1 Å². The molecule has 1 saturated heterocycles. The van der Waals surface area contributed by atoms with Crippen LogP contribution in [0.2, 0.25) is 0 Å². The van der Waals surface area contributed by atoms with Gasteiger partial charge in [0.2, 0.25) is 17.7 Å². The van der Waals surface area contributed by atoms with E-state index in [0.717, 1.165) is 23.4 Å². The fraction of sp³-hybridized carbons (Fsp3) is 0.387. The van der Waals surface area contributed by atoms with Gasteiger partial charge in [0.25, 0.3) is 0 Å². The summed E-state index contributed by atoms with van der Waals surface area (Å²) in [6.45, 7) is 1.80. The molecule has 5 rings (SSSR count). The van der Waals surface area contributed by atoms with Crippen LogP contribution in [0.15, 0.2) is 73.1 Å². The molecule has 0 bridgehead atoms. The molecule has 0 radical (unpaired) electrons. The molecule has 216 valence electrons. The van der Waals surface area contributed by atoms with Crippen LogP contribution in [0.25, 0.3) is 11.1 Å². The minimum Gasteiger partial charge on any atom is -0.389 e. The number of benzene rings is 2. The van der Waals surface area contributed by atoms with Gasteiger partial charge in [-0.2, -0.15) is 0 Å². The van der Waals surface area contributed by atoms with Gasteiger partial charge in [-0.15, -0.1) is 0 Å². The summed E-state index contributed by atoms with van der Waals surface area (Å²) in [4.78, 5) is 33.3. The van der Waals surface area contributed by atoms with Gasteiger partial charge in [-0.1, -0.05) is 42.5 Å². The van der Waals surface area contributed by atoms with Crippen molar-refractivity contribution in [2.24, 2.45) is 0 Å². The summed E-state index contributed by atoms with van der Waals surface area (Å²) in [5.41, 5.74) is 1.23. The van der Waals surface area contributed by atoms with Crippen molar-refractivity contribution in [3.05, 3.63) is 84.4 Å². The predicted molar refractivity (Wildman–Crippen MR) is 149 cm³/mol. The number of anilines is 1. The van der Waals surface area contributed by atoms with Gasteiger partial charge in [0.15, 0.2) is 0 Å². The second-order valence-electron chi connectivity index (χ2n) is 11.2. The van der Waals surface area contributed by atoms with Gasteiger partial charge in [0.05, 0.1) is 17.8 Å². The number of carbonyl (C=O) groups is 2. The fourth-order valence-electron chi connectivity index (χ4n) is 5.58. The fourth-order valence-corrected chi connectivity index (χ4v) is 5.58. The standard InChI is InChI=1S/C31H33F3N4O3/c1-30(41)16-26(36-19-30)29(40)38(25-9-7-21(8-10-25)20-5-3-2-4-6-20)27(22-15-23(32)18-35-17-22)28(39)37-24-11-13-31(33,34)14-12-24/h2-10,15,17-18,24,26-27,36,41H,11-14,16,19H2,1H3,(H,37,39)/t26-,27?,30-/m1/s1. The summed E-state index contributed by atoms with van der Waals surface area (Å²) in [5.74, 6) is -4.58. The lowest BCUT2D eigenvalue weighted by Crippen LogP contribution is -2.52. The van der Waals surface area contributed by atoms with E-state index in [9.17, 15) is 27.9 Å². The number of hydrogen-bond acceptors (Lipinski definition) is 5. The number of nitrogens with zero attached hydrogens (tertiary/aromatic N) is 2. The number of β-amino-alcohol motifs (C(OH)–C–C–N with tert-alkyl or cyclic N) is 1. The van der Waals surface area contributed by atoms with Gasteiger partial charge in [0.1, 0.15) is 11.9 Å². The number of rotatable bonds is 7. The maximum Gasteiger partial charge on any atom is 0.248 e. The van der Waals surface area contributed by atoms with E-state index in [1.165, 1.54) is 11.1 Å². The van der Waals surface area contributed by atoms with Crippen LogP contribution in [0, 0.1) is 5.82 Å². The molecule has 0 spiro atoms. The van der Waals surface area contributed by atoms with E-state index in [0.29, 0.717) is 5.69 Å².